The molecular weight excluding hydrogens is 392 g/mol. The highest BCUT2D eigenvalue weighted by Crippen LogP contribution is 2.19. The van der Waals surface area contributed by atoms with Gasteiger partial charge in [0, 0.05) is 58.4 Å². The Bertz CT molecular complexity index is 651. The molecule has 0 aromatic rings. The molecule has 0 atom stereocenters. The van der Waals surface area contributed by atoms with E-state index in [0.29, 0.717) is 25.6 Å². The molecule has 0 spiro atoms. The molecule has 0 radical (unpaired) electrons. The van der Waals surface area contributed by atoms with Crippen LogP contribution in [0.4, 0.5) is 0 Å². The van der Waals surface area contributed by atoms with E-state index >= 15 is 0 Å². The molecule has 0 aromatic carbocycles. The van der Waals surface area contributed by atoms with Crippen LogP contribution in [0.25, 0.3) is 0 Å². The number of nitrogens with one attached hydrogen (secondary N) is 2. The van der Waals surface area contributed by atoms with Crippen LogP contribution in [0.5, 0.6) is 0 Å². The lowest BCUT2D eigenvalue weighted by Gasteiger charge is -2.36. The maximum atomic E-state index is 12.0. The summed E-state index contributed by atoms with van der Waals surface area (Å²) in [6.07, 6.45) is 2.99. The van der Waals surface area contributed by atoms with Gasteiger partial charge in [0.25, 0.3) is 0 Å². The molecule has 168 valence electrons. The van der Waals surface area contributed by atoms with E-state index in [2.05, 4.69) is 27.4 Å². The SMILES string of the molecule is CCNC(=NCC1CCN(S(C)(=O)=O)CC1)N1CCN(CC(=O)NC(C)C)CC1. The molecule has 0 unspecified atom stereocenters. The van der Waals surface area contributed by atoms with Crippen LogP contribution >= 0.6 is 0 Å². The lowest BCUT2D eigenvalue weighted by Crippen LogP contribution is -2.54. The van der Waals surface area contributed by atoms with Gasteiger partial charge in [-0.25, -0.2) is 12.7 Å². The normalized spacial score (nSPS) is 20.9. The number of guanidine groups is 1. The fourth-order valence-corrected chi connectivity index (χ4v) is 4.63. The fourth-order valence-electron chi connectivity index (χ4n) is 3.75. The van der Waals surface area contributed by atoms with Gasteiger partial charge in [0.15, 0.2) is 5.96 Å². The number of carbonyl (C=O) groups is 1. The maximum Gasteiger partial charge on any atom is 0.234 e. The summed E-state index contributed by atoms with van der Waals surface area (Å²) in [4.78, 5) is 21.2. The van der Waals surface area contributed by atoms with Crippen molar-refractivity contribution in [2.24, 2.45) is 10.9 Å². The quantitative estimate of drug-likeness (QED) is 0.428. The van der Waals surface area contributed by atoms with Crippen LogP contribution in [0.3, 0.4) is 0 Å². The molecule has 0 bridgehead atoms. The van der Waals surface area contributed by atoms with Crippen LogP contribution in [0, 0.1) is 5.92 Å². The number of amides is 1. The van der Waals surface area contributed by atoms with Crippen molar-refractivity contribution >= 4 is 21.9 Å². The summed E-state index contributed by atoms with van der Waals surface area (Å²) in [5.41, 5.74) is 0. The van der Waals surface area contributed by atoms with Crippen molar-refractivity contribution in [1.29, 1.82) is 0 Å². The Morgan fingerprint density at radius 1 is 1.10 bits per heavy atom. The molecule has 0 saturated carbocycles. The predicted molar refractivity (Wildman–Crippen MR) is 116 cm³/mol. The van der Waals surface area contributed by atoms with Gasteiger partial charge in [0.1, 0.15) is 0 Å². The molecule has 2 rings (SSSR count). The molecular formula is C19H38N6O3S. The summed E-state index contributed by atoms with van der Waals surface area (Å²) in [6, 6.07) is 0.167. The molecule has 2 fully saturated rings. The molecule has 2 heterocycles. The van der Waals surface area contributed by atoms with Crippen LogP contribution < -0.4 is 10.6 Å². The molecule has 2 saturated heterocycles. The van der Waals surface area contributed by atoms with E-state index in [9.17, 15) is 13.2 Å². The highest BCUT2D eigenvalue weighted by atomic mass is 32.2. The number of sulfonamides is 1. The Balaban J connectivity index is 1.82. The van der Waals surface area contributed by atoms with E-state index in [1.807, 2.05) is 13.8 Å². The minimum Gasteiger partial charge on any atom is -0.357 e. The number of carbonyl (C=O) groups excluding carboxylic acids is 1. The van der Waals surface area contributed by atoms with Crippen LogP contribution in [-0.4, -0.2) is 106 Å². The Labute approximate surface area is 175 Å². The van der Waals surface area contributed by atoms with Gasteiger partial charge in [0.05, 0.1) is 12.8 Å². The van der Waals surface area contributed by atoms with E-state index < -0.39 is 10.0 Å². The second-order valence-electron chi connectivity index (χ2n) is 8.29. The average molecular weight is 431 g/mol. The van der Waals surface area contributed by atoms with Crippen molar-refractivity contribution in [3.05, 3.63) is 0 Å². The molecule has 29 heavy (non-hydrogen) atoms. The Morgan fingerprint density at radius 2 is 1.72 bits per heavy atom. The summed E-state index contributed by atoms with van der Waals surface area (Å²) >= 11 is 0. The van der Waals surface area contributed by atoms with Gasteiger partial charge in [-0.05, 0) is 39.5 Å². The lowest BCUT2D eigenvalue weighted by atomic mass is 9.98. The summed E-state index contributed by atoms with van der Waals surface area (Å²) in [6.45, 7) is 12.5. The highest BCUT2D eigenvalue weighted by Gasteiger charge is 2.25. The first kappa shape index (κ1) is 23.9. The standard InChI is InChI=1S/C19H38N6O3S/c1-5-20-19(21-14-17-6-8-25(9-7-17)29(4,27)28)24-12-10-23(11-13-24)15-18(26)22-16(2)3/h16-17H,5-15H2,1-4H3,(H,20,21)(H,22,26). The molecule has 2 aliphatic heterocycles. The lowest BCUT2D eigenvalue weighted by molar-refractivity contribution is -0.123. The largest absolute Gasteiger partial charge is 0.357 e. The first-order chi connectivity index (χ1) is 13.7. The monoisotopic (exact) mass is 430 g/mol. The number of nitrogens with zero attached hydrogens (tertiary/aromatic N) is 4. The van der Waals surface area contributed by atoms with E-state index in [0.717, 1.165) is 58.1 Å². The maximum absolute atomic E-state index is 12.0. The number of piperidine rings is 1. The highest BCUT2D eigenvalue weighted by molar-refractivity contribution is 7.88. The summed E-state index contributed by atoms with van der Waals surface area (Å²) in [5.74, 6) is 1.42. The molecule has 0 aliphatic carbocycles. The van der Waals surface area contributed by atoms with E-state index in [4.69, 9.17) is 4.99 Å². The van der Waals surface area contributed by atoms with Crippen molar-refractivity contribution in [2.75, 3.05) is 65.2 Å². The average Bonchev–Trinajstić information content (AvgIpc) is 2.65. The van der Waals surface area contributed by atoms with Gasteiger partial charge >= 0.3 is 0 Å². The van der Waals surface area contributed by atoms with E-state index in [1.165, 1.54) is 6.26 Å². The Hall–Kier alpha value is -1.39. The van der Waals surface area contributed by atoms with Crippen molar-refractivity contribution in [2.45, 2.75) is 39.7 Å². The topological polar surface area (TPSA) is 97.3 Å². The van der Waals surface area contributed by atoms with Crippen LogP contribution in [0.2, 0.25) is 0 Å². The van der Waals surface area contributed by atoms with Gasteiger partial charge in [0.2, 0.25) is 15.9 Å². The zero-order chi connectivity index (χ0) is 21.4. The number of hydrogen-bond donors (Lipinski definition) is 2. The smallest absolute Gasteiger partial charge is 0.234 e. The number of aliphatic imine (C=N–C) groups is 1. The second kappa shape index (κ2) is 11.1. The summed E-state index contributed by atoms with van der Waals surface area (Å²) in [5, 5.41) is 6.32. The van der Waals surface area contributed by atoms with Crippen molar-refractivity contribution in [1.82, 2.24) is 24.7 Å². The van der Waals surface area contributed by atoms with E-state index in [1.54, 1.807) is 4.31 Å². The Kier molecular flexibility index (Phi) is 9.16. The molecule has 2 aliphatic rings. The molecule has 0 aromatic heterocycles. The third-order valence-corrected chi connectivity index (χ3v) is 6.67. The molecule has 2 N–H and O–H groups in total. The first-order valence-corrected chi connectivity index (χ1v) is 12.5. The van der Waals surface area contributed by atoms with E-state index in [-0.39, 0.29) is 11.9 Å². The van der Waals surface area contributed by atoms with Gasteiger partial charge in [-0.3, -0.25) is 14.7 Å². The molecule has 9 nitrogen and oxygen atoms in total. The van der Waals surface area contributed by atoms with Crippen LogP contribution in [-0.2, 0) is 14.8 Å². The molecule has 1 amide bonds. The Morgan fingerprint density at radius 3 is 2.24 bits per heavy atom. The number of rotatable bonds is 7. The van der Waals surface area contributed by atoms with Gasteiger partial charge < -0.3 is 15.5 Å². The zero-order valence-corrected chi connectivity index (χ0v) is 19.2. The number of hydrogen-bond acceptors (Lipinski definition) is 5. The van der Waals surface area contributed by atoms with Crippen molar-refractivity contribution in [3.8, 4) is 0 Å². The fraction of sp³-hybridized carbons (Fsp3) is 0.895. The van der Waals surface area contributed by atoms with Gasteiger partial charge in [-0.2, -0.15) is 0 Å². The van der Waals surface area contributed by atoms with Gasteiger partial charge in [-0.15, -0.1) is 0 Å². The third kappa shape index (κ3) is 8.10. The minimum absolute atomic E-state index is 0.0782. The van der Waals surface area contributed by atoms with Crippen molar-refractivity contribution in [3.63, 3.8) is 0 Å². The molecule has 10 heteroatoms. The van der Waals surface area contributed by atoms with Crippen molar-refractivity contribution < 1.29 is 13.2 Å². The number of piperazine rings is 1. The van der Waals surface area contributed by atoms with Gasteiger partial charge in [-0.1, -0.05) is 0 Å². The van der Waals surface area contributed by atoms with Crippen LogP contribution in [0.1, 0.15) is 33.6 Å². The summed E-state index contributed by atoms with van der Waals surface area (Å²) in [7, 11) is -3.08. The first-order valence-electron chi connectivity index (χ1n) is 10.7. The zero-order valence-electron chi connectivity index (χ0n) is 18.4. The second-order valence-corrected chi connectivity index (χ2v) is 10.3. The minimum atomic E-state index is -3.08. The predicted octanol–water partition coefficient (Wildman–Crippen LogP) is -0.234. The third-order valence-electron chi connectivity index (χ3n) is 5.37. The van der Waals surface area contributed by atoms with Crippen LogP contribution in [0.15, 0.2) is 4.99 Å². The summed E-state index contributed by atoms with van der Waals surface area (Å²) < 4.78 is 24.9.